The summed E-state index contributed by atoms with van der Waals surface area (Å²) < 4.78 is 13.2. The number of halogens is 1. The normalized spacial score (nSPS) is 14.7. The average Bonchev–Trinajstić information content (AvgIpc) is 3.33. The van der Waals surface area contributed by atoms with Gasteiger partial charge < -0.3 is 0 Å². The van der Waals surface area contributed by atoms with Crippen LogP contribution in [-0.2, 0) is 0 Å². The highest BCUT2D eigenvalue weighted by Crippen LogP contribution is 2.40. The van der Waals surface area contributed by atoms with Crippen LogP contribution in [0.25, 0.3) is 0 Å². The fourth-order valence-corrected chi connectivity index (χ4v) is 2.28. The van der Waals surface area contributed by atoms with Gasteiger partial charge in [-0.05, 0) is 56.0 Å². The summed E-state index contributed by atoms with van der Waals surface area (Å²) in [4.78, 5) is 9.21. The minimum atomic E-state index is -0.273. The Bertz CT molecular complexity index is 705. The van der Waals surface area contributed by atoms with E-state index in [2.05, 4.69) is 28.9 Å². The predicted octanol–water partition coefficient (Wildman–Crippen LogP) is 4.58. The summed E-state index contributed by atoms with van der Waals surface area (Å²) in [5, 5.41) is 6.20. The summed E-state index contributed by atoms with van der Waals surface area (Å²) in [7, 11) is 0. The van der Waals surface area contributed by atoms with E-state index in [1.807, 2.05) is 19.2 Å². The Morgan fingerprint density at radius 3 is 2.52 bits per heavy atom. The molecular weight excluding hydrogens is 291 g/mol. The van der Waals surface area contributed by atoms with Crippen molar-refractivity contribution in [2.24, 2.45) is 11.0 Å². The Labute approximate surface area is 136 Å². The van der Waals surface area contributed by atoms with Crippen molar-refractivity contribution in [3.05, 3.63) is 47.5 Å². The van der Waals surface area contributed by atoms with Gasteiger partial charge in [0.2, 0.25) is 0 Å². The maximum Gasteiger partial charge on any atom is 0.251 e. The van der Waals surface area contributed by atoms with Crippen LogP contribution in [-0.4, -0.2) is 16.2 Å². The third-order valence-corrected chi connectivity index (χ3v) is 3.60. The Balaban J connectivity index is 2.02. The first kappa shape index (κ1) is 15.6. The van der Waals surface area contributed by atoms with Crippen molar-refractivity contribution in [2.75, 3.05) is 5.01 Å². The van der Waals surface area contributed by atoms with Crippen LogP contribution in [0.3, 0.4) is 0 Å². The number of hydrazone groups is 1. The Morgan fingerprint density at radius 1 is 1.22 bits per heavy atom. The molecule has 0 amide bonds. The van der Waals surface area contributed by atoms with Gasteiger partial charge in [0, 0.05) is 23.5 Å². The molecule has 1 aliphatic carbocycles. The Hall–Kier alpha value is -2.30. The van der Waals surface area contributed by atoms with Crippen LogP contribution in [0.15, 0.2) is 35.4 Å². The number of benzene rings is 1. The van der Waals surface area contributed by atoms with Crippen LogP contribution in [0.1, 0.15) is 44.0 Å². The second kappa shape index (κ2) is 6.44. The van der Waals surface area contributed by atoms with Crippen molar-refractivity contribution in [3.8, 4) is 0 Å². The molecule has 0 bridgehead atoms. The predicted molar refractivity (Wildman–Crippen MR) is 90.6 cm³/mol. The summed E-state index contributed by atoms with van der Waals surface area (Å²) in [6, 6.07) is 8.26. The topological polar surface area (TPSA) is 41.4 Å². The van der Waals surface area contributed by atoms with Crippen molar-refractivity contribution >= 4 is 17.9 Å². The molecule has 1 aromatic carbocycles. The molecule has 1 saturated carbocycles. The molecule has 1 aromatic heterocycles. The molecule has 1 fully saturated rings. The molecule has 3 rings (SSSR count). The van der Waals surface area contributed by atoms with E-state index >= 15 is 0 Å². The summed E-state index contributed by atoms with van der Waals surface area (Å²) in [5.74, 6) is 1.10. The number of hydrogen-bond donors (Lipinski definition) is 0. The zero-order chi connectivity index (χ0) is 16.4. The van der Waals surface area contributed by atoms with Crippen LogP contribution in [0.5, 0.6) is 0 Å². The smallest absolute Gasteiger partial charge is 0.216 e. The van der Waals surface area contributed by atoms with Gasteiger partial charge in [0.25, 0.3) is 5.95 Å². The Kier molecular flexibility index (Phi) is 4.37. The van der Waals surface area contributed by atoms with Gasteiger partial charge in [-0.3, -0.25) is 0 Å². The number of aryl methyl sites for hydroxylation is 1. The molecule has 120 valence electrons. The molecule has 0 aliphatic heterocycles. The largest absolute Gasteiger partial charge is 0.251 e. The van der Waals surface area contributed by atoms with E-state index in [1.54, 1.807) is 17.1 Å². The first-order valence-electron chi connectivity index (χ1n) is 7.98. The molecule has 2 aromatic rings. The van der Waals surface area contributed by atoms with Crippen LogP contribution in [0, 0.1) is 18.7 Å². The third-order valence-electron chi connectivity index (χ3n) is 3.60. The molecule has 4 nitrogen and oxygen atoms in total. The summed E-state index contributed by atoms with van der Waals surface area (Å²) in [6.45, 7) is 6.07. The fourth-order valence-electron chi connectivity index (χ4n) is 2.28. The number of aromatic nitrogens is 2. The van der Waals surface area contributed by atoms with Gasteiger partial charge in [-0.2, -0.15) is 10.1 Å². The van der Waals surface area contributed by atoms with Crippen LogP contribution in [0.4, 0.5) is 16.0 Å². The lowest BCUT2D eigenvalue weighted by Gasteiger charge is -2.18. The number of anilines is 2. The molecule has 0 radical (unpaired) electrons. The van der Waals surface area contributed by atoms with Gasteiger partial charge in [-0.1, -0.05) is 13.8 Å². The zero-order valence-electron chi connectivity index (χ0n) is 13.7. The van der Waals surface area contributed by atoms with Gasteiger partial charge in [0.05, 0.1) is 5.69 Å². The van der Waals surface area contributed by atoms with E-state index in [4.69, 9.17) is 0 Å². The second-order valence-electron chi connectivity index (χ2n) is 6.31. The molecule has 1 aliphatic rings. The fraction of sp³-hybridized carbons (Fsp3) is 0.389. The minimum Gasteiger partial charge on any atom is -0.216 e. The van der Waals surface area contributed by atoms with Gasteiger partial charge in [0.15, 0.2) is 0 Å². The summed E-state index contributed by atoms with van der Waals surface area (Å²) >= 11 is 0. The van der Waals surface area contributed by atoms with Crippen LogP contribution in [0.2, 0.25) is 0 Å². The van der Waals surface area contributed by atoms with Crippen LogP contribution < -0.4 is 5.01 Å². The SMILES string of the molecule is Cc1cc(C2CC2)nc(N(N=CC(C)C)c2ccc(F)cc2)n1. The maximum absolute atomic E-state index is 13.2. The lowest BCUT2D eigenvalue weighted by molar-refractivity contribution is 0.627. The summed E-state index contributed by atoms with van der Waals surface area (Å²) in [6.07, 6.45) is 4.20. The Morgan fingerprint density at radius 2 is 1.91 bits per heavy atom. The van der Waals surface area contributed by atoms with Crippen molar-refractivity contribution in [2.45, 2.75) is 39.5 Å². The maximum atomic E-state index is 13.2. The standard InChI is InChI=1S/C18H21FN4/c1-12(2)11-20-23(16-8-6-15(19)7-9-16)18-21-13(3)10-17(22-18)14-4-5-14/h6-12,14H,4-5H2,1-3H3. The van der Waals surface area contributed by atoms with Crippen molar-refractivity contribution < 1.29 is 4.39 Å². The van der Waals surface area contributed by atoms with E-state index in [0.717, 1.165) is 17.1 Å². The van der Waals surface area contributed by atoms with Gasteiger partial charge in [-0.15, -0.1) is 0 Å². The van der Waals surface area contributed by atoms with Gasteiger partial charge in [0.1, 0.15) is 5.82 Å². The van der Waals surface area contributed by atoms with E-state index in [0.29, 0.717) is 17.8 Å². The lowest BCUT2D eigenvalue weighted by atomic mass is 10.2. The highest BCUT2D eigenvalue weighted by atomic mass is 19.1. The first-order valence-corrected chi connectivity index (χ1v) is 7.98. The minimum absolute atomic E-state index is 0.273. The van der Waals surface area contributed by atoms with Crippen LogP contribution >= 0.6 is 0 Å². The summed E-state index contributed by atoms with van der Waals surface area (Å²) in [5.41, 5.74) is 2.73. The van der Waals surface area contributed by atoms with E-state index in [-0.39, 0.29) is 5.82 Å². The zero-order valence-corrected chi connectivity index (χ0v) is 13.7. The van der Waals surface area contributed by atoms with Crippen molar-refractivity contribution in [3.63, 3.8) is 0 Å². The highest BCUT2D eigenvalue weighted by Gasteiger charge is 2.26. The molecule has 0 spiro atoms. The average molecular weight is 312 g/mol. The molecule has 0 N–H and O–H groups in total. The number of rotatable bonds is 5. The first-order chi connectivity index (χ1) is 11.0. The molecule has 0 unspecified atom stereocenters. The number of nitrogens with zero attached hydrogens (tertiary/aromatic N) is 4. The third kappa shape index (κ3) is 3.92. The van der Waals surface area contributed by atoms with E-state index in [9.17, 15) is 4.39 Å². The molecule has 23 heavy (non-hydrogen) atoms. The highest BCUT2D eigenvalue weighted by molar-refractivity contribution is 5.66. The monoisotopic (exact) mass is 312 g/mol. The van der Waals surface area contributed by atoms with Gasteiger partial charge >= 0.3 is 0 Å². The second-order valence-corrected chi connectivity index (χ2v) is 6.31. The molecule has 1 heterocycles. The van der Waals surface area contributed by atoms with Gasteiger partial charge in [-0.25, -0.2) is 14.4 Å². The number of hydrogen-bond acceptors (Lipinski definition) is 4. The molecular formula is C18H21FN4. The molecule has 0 atom stereocenters. The van der Waals surface area contributed by atoms with Crippen molar-refractivity contribution in [1.29, 1.82) is 0 Å². The molecule has 0 saturated heterocycles. The van der Waals surface area contributed by atoms with E-state index < -0.39 is 0 Å². The molecule has 5 heteroatoms. The quantitative estimate of drug-likeness (QED) is 0.599. The van der Waals surface area contributed by atoms with E-state index in [1.165, 1.54) is 25.0 Å². The van der Waals surface area contributed by atoms with Crippen molar-refractivity contribution in [1.82, 2.24) is 9.97 Å². The lowest BCUT2D eigenvalue weighted by Crippen LogP contribution is -2.15.